The third-order valence-electron chi connectivity index (χ3n) is 8.11. The van der Waals surface area contributed by atoms with E-state index in [0.29, 0.717) is 18.9 Å². The minimum absolute atomic E-state index is 0.0207. The Morgan fingerprint density at radius 1 is 1.29 bits per heavy atom. The van der Waals surface area contributed by atoms with E-state index < -0.39 is 22.1 Å². The Bertz CT molecular complexity index is 1200. The monoisotopic (exact) mass is 500 g/mol. The van der Waals surface area contributed by atoms with E-state index in [1.807, 2.05) is 22.8 Å². The number of sulfonamides is 1. The number of carbonyl (C=O) groups is 2. The Hall–Kier alpha value is -2.52. The predicted molar refractivity (Wildman–Crippen MR) is 127 cm³/mol. The van der Waals surface area contributed by atoms with Crippen LogP contribution in [0.15, 0.2) is 29.2 Å². The predicted octanol–water partition coefficient (Wildman–Crippen LogP) is 0.123. The Morgan fingerprint density at radius 2 is 2.03 bits per heavy atom. The molecule has 1 saturated carbocycles. The van der Waals surface area contributed by atoms with Crippen molar-refractivity contribution < 1.29 is 18.0 Å². The number of fused-ring (bicyclic) bond motifs is 3. The van der Waals surface area contributed by atoms with Gasteiger partial charge in [0.15, 0.2) is 0 Å². The lowest BCUT2D eigenvalue weighted by Crippen LogP contribution is -2.57. The average Bonchev–Trinajstić information content (AvgIpc) is 3.15. The standard InChI is InChI=1S/C24H32N6O4S/c1-14(15-5-4-6-19(8-15)35(33,34)27(2)3)29-18-10-22(24(29)32)28(12-18)13-20(26)23(31)30-17(11-25)7-16-9-21(16)30/h4-6,8,14,16-18,20-22H,7,9-10,12-13,26H2,1-3H3/t14-,16-,17+,18+,20+,21+,22+/m1/s1. The molecular formula is C24H32N6O4S. The molecule has 4 fully saturated rings. The van der Waals surface area contributed by atoms with Crippen LogP contribution in [0, 0.1) is 17.2 Å². The van der Waals surface area contributed by atoms with E-state index in [1.165, 1.54) is 18.4 Å². The van der Waals surface area contributed by atoms with Crippen LogP contribution in [0.4, 0.5) is 0 Å². The summed E-state index contributed by atoms with van der Waals surface area (Å²) in [7, 11) is -0.590. The first-order chi connectivity index (χ1) is 16.5. The van der Waals surface area contributed by atoms with Crippen LogP contribution in [-0.4, -0.2) is 96.6 Å². The molecule has 3 heterocycles. The normalized spacial score (nSPS) is 31.5. The van der Waals surface area contributed by atoms with Gasteiger partial charge in [-0.15, -0.1) is 0 Å². The molecule has 10 nitrogen and oxygen atoms in total. The lowest BCUT2D eigenvalue weighted by Gasteiger charge is -2.38. The van der Waals surface area contributed by atoms with Crippen molar-refractivity contribution in [1.29, 1.82) is 5.26 Å². The molecule has 0 spiro atoms. The van der Waals surface area contributed by atoms with Gasteiger partial charge in [-0.3, -0.25) is 14.5 Å². The number of nitrogens with two attached hydrogens (primary N) is 1. The van der Waals surface area contributed by atoms with E-state index in [9.17, 15) is 23.3 Å². The highest BCUT2D eigenvalue weighted by molar-refractivity contribution is 7.89. The summed E-state index contributed by atoms with van der Waals surface area (Å²) in [6.07, 6.45) is 2.35. The fraction of sp³-hybridized carbons (Fsp3) is 0.625. The minimum Gasteiger partial charge on any atom is -0.330 e. The molecule has 7 atom stereocenters. The van der Waals surface area contributed by atoms with Crippen molar-refractivity contribution in [2.45, 2.75) is 67.3 Å². The molecule has 2 N–H and O–H groups in total. The van der Waals surface area contributed by atoms with Crippen molar-refractivity contribution in [3.8, 4) is 6.07 Å². The number of carbonyl (C=O) groups excluding carboxylic acids is 2. The quantitative estimate of drug-likeness (QED) is 0.563. The van der Waals surface area contributed by atoms with E-state index in [4.69, 9.17) is 5.73 Å². The lowest BCUT2D eigenvalue weighted by molar-refractivity contribution is -0.141. The summed E-state index contributed by atoms with van der Waals surface area (Å²) in [5.74, 6) is 0.218. The van der Waals surface area contributed by atoms with Gasteiger partial charge < -0.3 is 15.5 Å². The minimum atomic E-state index is -3.57. The Balaban J connectivity index is 1.25. The van der Waals surface area contributed by atoms with Crippen molar-refractivity contribution >= 4 is 21.8 Å². The summed E-state index contributed by atoms with van der Waals surface area (Å²) < 4.78 is 26.3. The molecule has 4 aliphatic rings. The first-order valence-electron chi connectivity index (χ1n) is 12.1. The highest BCUT2D eigenvalue weighted by atomic mass is 32.2. The molecule has 1 aromatic rings. The van der Waals surface area contributed by atoms with E-state index in [-0.39, 0.29) is 47.4 Å². The molecule has 2 amide bonds. The third-order valence-corrected chi connectivity index (χ3v) is 9.92. The smallest absolute Gasteiger partial charge is 0.242 e. The van der Waals surface area contributed by atoms with E-state index in [1.54, 1.807) is 23.1 Å². The van der Waals surface area contributed by atoms with Crippen LogP contribution in [0.2, 0.25) is 0 Å². The zero-order valence-electron chi connectivity index (χ0n) is 20.2. The first-order valence-corrected chi connectivity index (χ1v) is 13.5. The molecule has 188 valence electrons. The lowest BCUT2D eigenvalue weighted by atomic mass is 10.1. The van der Waals surface area contributed by atoms with Gasteiger partial charge in [-0.2, -0.15) is 5.26 Å². The summed E-state index contributed by atoms with van der Waals surface area (Å²) in [6.45, 7) is 2.82. The molecule has 0 radical (unpaired) electrons. The van der Waals surface area contributed by atoms with Gasteiger partial charge in [0.25, 0.3) is 0 Å². The van der Waals surface area contributed by atoms with Crippen LogP contribution < -0.4 is 5.73 Å². The number of hydrogen-bond acceptors (Lipinski definition) is 7. The molecule has 35 heavy (non-hydrogen) atoms. The van der Waals surface area contributed by atoms with E-state index >= 15 is 0 Å². The maximum absolute atomic E-state index is 13.3. The third kappa shape index (κ3) is 3.93. The number of rotatable bonds is 7. The fourth-order valence-electron chi connectivity index (χ4n) is 6.12. The zero-order chi connectivity index (χ0) is 25.2. The number of hydrogen-bond donors (Lipinski definition) is 1. The van der Waals surface area contributed by atoms with Gasteiger partial charge in [-0.05, 0) is 49.8 Å². The van der Waals surface area contributed by atoms with Crippen LogP contribution in [0.25, 0.3) is 0 Å². The van der Waals surface area contributed by atoms with Crippen LogP contribution in [0.5, 0.6) is 0 Å². The van der Waals surface area contributed by atoms with Crippen molar-refractivity contribution in [3.63, 3.8) is 0 Å². The molecule has 5 rings (SSSR count). The number of piperazine rings is 1. The highest BCUT2D eigenvalue weighted by Crippen LogP contribution is 2.48. The van der Waals surface area contributed by atoms with E-state index in [0.717, 1.165) is 18.4 Å². The fourth-order valence-corrected chi connectivity index (χ4v) is 7.07. The second kappa shape index (κ2) is 8.55. The summed E-state index contributed by atoms with van der Waals surface area (Å²) in [4.78, 5) is 32.1. The number of likely N-dealkylation sites (tertiary alicyclic amines) is 3. The van der Waals surface area contributed by atoms with Gasteiger partial charge in [0, 0.05) is 39.3 Å². The summed E-state index contributed by atoms with van der Waals surface area (Å²) >= 11 is 0. The molecule has 0 aromatic heterocycles. The topological polar surface area (TPSA) is 131 Å². The molecule has 1 aliphatic carbocycles. The average molecular weight is 501 g/mol. The van der Waals surface area contributed by atoms with Crippen LogP contribution in [0.3, 0.4) is 0 Å². The number of nitrogens with zero attached hydrogens (tertiary/aromatic N) is 5. The molecule has 11 heteroatoms. The number of benzene rings is 1. The largest absolute Gasteiger partial charge is 0.330 e. The molecule has 2 bridgehead atoms. The summed E-state index contributed by atoms with van der Waals surface area (Å²) in [5.41, 5.74) is 7.06. The second-order valence-electron chi connectivity index (χ2n) is 10.4. The number of piperidine rings is 1. The summed E-state index contributed by atoms with van der Waals surface area (Å²) in [5, 5.41) is 9.39. The van der Waals surface area contributed by atoms with Gasteiger partial charge in [0.2, 0.25) is 21.8 Å². The Labute approximate surface area is 206 Å². The van der Waals surface area contributed by atoms with Crippen LogP contribution in [0.1, 0.15) is 37.8 Å². The maximum Gasteiger partial charge on any atom is 0.242 e. The SMILES string of the molecule is C[C@H](c1cccc(S(=O)(=O)N(C)C)c1)N1C(=O)[C@@H]2C[C@H]1CN2C[C@H](N)C(=O)N1[C@H](C#N)C[C@@H]2C[C@@H]21. The van der Waals surface area contributed by atoms with E-state index in [2.05, 4.69) is 6.07 Å². The van der Waals surface area contributed by atoms with Gasteiger partial charge in [0.1, 0.15) is 6.04 Å². The molecule has 3 saturated heterocycles. The Morgan fingerprint density at radius 3 is 2.69 bits per heavy atom. The summed E-state index contributed by atoms with van der Waals surface area (Å²) in [6, 6.07) is 7.33. The van der Waals surface area contributed by atoms with Gasteiger partial charge in [-0.25, -0.2) is 12.7 Å². The van der Waals surface area contributed by atoms with Crippen molar-refractivity contribution in [2.24, 2.45) is 11.7 Å². The molecule has 1 aromatic carbocycles. The van der Waals surface area contributed by atoms with Gasteiger partial charge >= 0.3 is 0 Å². The van der Waals surface area contributed by atoms with Crippen molar-refractivity contribution in [1.82, 2.24) is 19.0 Å². The molecule has 3 aliphatic heterocycles. The maximum atomic E-state index is 13.3. The molecular weight excluding hydrogens is 468 g/mol. The van der Waals surface area contributed by atoms with Crippen molar-refractivity contribution in [2.75, 3.05) is 27.2 Å². The number of nitriles is 1. The first kappa shape index (κ1) is 24.2. The van der Waals surface area contributed by atoms with Gasteiger partial charge in [0.05, 0.1) is 29.1 Å². The number of amides is 2. The van der Waals surface area contributed by atoms with Crippen LogP contribution in [-0.2, 0) is 19.6 Å². The molecule has 0 unspecified atom stereocenters. The Kier molecular flexibility index (Phi) is 5.91. The zero-order valence-corrected chi connectivity index (χ0v) is 21.1. The van der Waals surface area contributed by atoms with Crippen LogP contribution >= 0.6 is 0 Å². The van der Waals surface area contributed by atoms with Crippen molar-refractivity contribution in [3.05, 3.63) is 29.8 Å². The van der Waals surface area contributed by atoms with Gasteiger partial charge in [-0.1, -0.05) is 12.1 Å². The second-order valence-corrected chi connectivity index (χ2v) is 12.6. The highest BCUT2D eigenvalue weighted by Gasteiger charge is 2.56.